The summed E-state index contributed by atoms with van der Waals surface area (Å²) in [6.07, 6.45) is 0. The van der Waals surface area contributed by atoms with Crippen LogP contribution in [0.15, 0.2) is 6.07 Å². The smallest absolute Gasteiger partial charge is 0.348 e. The van der Waals surface area contributed by atoms with E-state index in [0.717, 1.165) is 23.8 Å². The summed E-state index contributed by atoms with van der Waals surface area (Å²) >= 11 is 1.46. The van der Waals surface area contributed by atoms with E-state index in [-0.39, 0.29) is 5.97 Å². The number of carbonyl (C=O) groups is 1. The van der Waals surface area contributed by atoms with Crippen LogP contribution >= 0.6 is 11.3 Å². The van der Waals surface area contributed by atoms with Crippen LogP contribution in [-0.2, 0) is 11.3 Å². The van der Waals surface area contributed by atoms with E-state index in [1.807, 2.05) is 13.0 Å². The molecule has 5 heteroatoms. The number of hydrogen-bond acceptors (Lipinski definition) is 5. The summed E-state index contributed by atoms with van der Waals surface area (Å²) in [6, 6.07) is 1.89. The lowest BCUT2D eigenvalue weighted by atomic mass is 10.2. The fraction of sp³-hybridized carbons (Fsp3) is 0.444. The first-order chi connectivity index (χ1) is 6.81. The maximum absolute atomic E-state index is 11.4. The van der Waals surface area contributed by atoms with Crippen LogP contribution in [0.5, 0.6) is 0 Å². The summed E-state index contributed by atoms with van der Waals surface area (Å²) in [7, 11) is 0. The van der Waals surface area contributed by atoms with Crippen molar-refractivity contribution in [2.75, 3.05) is 18.6 Å². The van der Waals surface area contributed by atoms with Crippen LogP contribution in [0, 0.1) is 0 Å². The van der Waals surface area contributed by atoms with Crippen molar-refractivity contribution in [3.8, 4) is 0 Å². The normalized spacial score (nSPS) is 14.4. The van der Waals surface area contributed by atoms with E-state index in [4.69, 9.17) is 4.74 Å². The van der Waals surface area contributed by atoms with E-state index in [1.54, 1.807) is 0 Å². The average Bonchev–Trinajstić information content (AvgIpc) is 2.61. The van der Waals surface area contributed by atoms with Gasteiger partial charge in [-0.15, -0.1) is 11.3 Å². The zero-order valence-electron chi connectivity index (χ0n) is 7.92. The maximum Gasteiger partial charge on any atom is 0.348 e. The molecule has 0 aliphatic carbocycles. The Morgan fingerprint density at radius 1 is 1.71 bits per heavy atom. The van der Waals surface area contributed by atoms with Gasteiger partial charge in [-0.2, -0.15) is 0 Å². The number of anilines is 1. The number of rotatable bonds is 2. The minimum Gasteiger partial charge on any atom is -0.462 e. The Balaban J connectivity index is 2.19. The van der Waals surface area contributed by atoms with E-state index >= 15 is 0 Å². The van der Waals surface area contributed by atoms with Gasteiger partial charge in [0.2, 0.25) is 0 Å². The van der Waals surface area contributed by atoms with Crippen molar-refractivity contribution in [1.29, 1.82) is 0 Å². The Morgan fingerprint density at radius 3 is 3.29 bits per heavy atom. The van der Waals surface area contributed by atoms with Gasteiger partial charge >= 0.3 is 5.97 Å². The molecule has 0 radical (unpaired) electrons. The average molecular weight is 212 g/mol. The molecule has 2 rings (SSSR count). The zero-order chi connectivity index (χ0) is 9.97. The van der Waals surface area contributed by atoms with Crippen molar-refractivity contribution in [2.24, 2.45) is 0 Å². The number of esters is 1. The summed E-state index contributed by atoms with van der Waals surface area (Å²) in [5.41, 5.74) is 1.14. The number of thiophene rings is 1. The van der Waals surface area contributed by atoms with Gasteiger partial charge in [-0.25, -0.2) is 4.79 Å². The van der Waals surface area contributed by atoms with Gasteiger partial charge in [-0.05, 0) is 13.0 Å². The molecule has 1 aromatic heterocycles. The predicted octanol–water partition coefficient (Wildman–Crippen LogP) is 1.40. The topological polar surface area (TPSA) is 50.4 Å². The second-order valence-electron chi connectivity index (χ2n) is 2.97. The van der Waals surface area contributed by atoms with E-state index < -0.39 is 0 Å². The Morgan fingerprint density at radius 2 is 2.57 bits per heavy atom. The first kappa shape index (κ1) is 9.48. The molecule has 0 saturated heterocycles. The van der Waals surface area contributed by atoms with E-state index in [2.05, 4.69) is 10.6 Å². The Kier molecular flexibility index (Phi) is 2.69. The molecule has 2 heterocycles. The van der Waals surface area contributed by atoms with Gasteiger partial charge in [0.25, 0.3) is 0 Å². The number of fused-ring (bicyclic) bond motifs is 1. The van der Waals surface area contributed by atoms with Gasteiger partial charge in [0.1, 0.15) is 4.88 Å². The molecular formula is C9H12N2O2S. The molecule has 0 saturated carbocycles. The lowest BCUT2D eigenvalue weighted by molar-refractivity contribution is 0.0532. The van der Waals surface area contributed by atoms with Gasteiger partial charge in [-0.1, -0.05) is 0 Å². The fourth-order valence-corrected chi connectivity index (χ4v) is 2.32. The van der Waals surface area contributed by atoms with Crippen molar-refractivity contribution in [3.63, 3.8) is 0 Å². The molecule has 76 valence electrons. The fourth-order valence-electron chi connectivity index (χ4n) is 1.35. The molecule has 2 N–H and O–H groups in total. The molecule has 0 unspecified atom stereocenters. The predicted molar refractivity (Wildman–Crippen MR) is 55.6 cm³/mol. The SMILES string of the molecule is CCOC(=O)c1cc2c(s1)NCNC2. The van der Waals surface area contributed by atoms with E-state index in [1.165, 1.54) is 11.3 Å². The van der Waals surface area contributed by atoms with Crippen molar-refractivity contribution >= 4 is 22.3 Å². The third-order valence-corrected chi connectivity index (χ3v) is 3.09. The van der Waals surface area contributed by atoms with Crippen LogP contribution in [0.4, 0.5) is 5.00 Å². The number of nitrogens with one attached hydrogen (secondary N) is 2. The quantitative estimate of drug-likeness (QED) is 0.727. The monoisotopic (exact) mass is 212 g/mol. The first-order valence-electron chi connectivity index (χ1n) is 4.55. The lowest BCUT2D eigenvalue weighted by Crippen LogP contribution is -2.26. The van der Waals surface area contributed by atoms with E-state index in [9.17, 15) is 4.79 Å². The summed E-state index contributed by atoms with van der Waals surface area (Å²) in [5, 5.41) is 7.42. The van der Waals surface area contributed by atoms with Crippen LogP contribution in [-0.4, -0.2) is 19.2 Å². The summed E-state index contributed by atoms with van der Waals surface area (Å²) in [5.74, 6) is -0.228. The molecule has 1 aliphatic heterocycles. The largest absolute Gasteiger partial charge is 0.462 e. The first-order valence-corrected chi connectivity index (χ1v) is 5.37. The number of hydrogen-bond donors (Lipinski definition) is 2. The second kappa shape index (κ2) is 3.98. The van der Waals surface area contributed by atoms with Gasteiger partial charge < -0.3 is 10.1 Å². The van der Waals surface area contributed by atoms with Gasteiger partial charge in [0, 0.05) is 12.1 Å². The molecule has 14 heavy (non-hydrogen) atoms. The second-order valence-corrected chi connectivity index (χ2v) is 4.02. The molecule has 0 amide bonds. The Labute approximate surface area is 86.3 Å². The Bertz CT molecular complexity index is 325. The van der Waals surface area contributed by atoms with Crippen LogP contribution in [0.1, 0.15) is 22.2 Å². The molecular weight excluding hydrogens is 200 g/mol. The van der Waals surface area contributed by atoms with Gasteiger partial charge in [0.15, 0.2) is 0 Å². The van der Waals surface area contributed by atoms with Crippen molar-refractivity contribution in [2.45, 2.75) is 13.5 Å². The standard InChI is InChI=1S/C9H12N2O2S/c1-2-13-9(12)7-3-6-4-10-5-11-8(6)14-7/h3,10-11H,2,4-5H2,1H3. The highest BCUT2D eigenvalue weighted by Crippen LogP contribution is 2.29. The highest BCUT2D eigenvalue weighted by molar-refractivity contribution is 7.18. The molecule has 0 aromatic carbocycles. The molecule has 0 fully saturated rings. The molecule has 0 bridgehead atoms. The van der Waals surface area contributed by atoms with Crippen LogP contribution in [0.25, 0.3) is 0 Å². The van der Waals surface area contributed by atoms with Crippen LogP contribution < -0.4 is 10.6 Å². The molecule has 0 spiro atoms. The maximum atomic E-state index is 11.4. The summed E-state index contributed by atoms with van der Waals surface area (Å²) < 4.78 is 4.93. The molecule has 4 nitrogen and oxygen atoms in total. The van der Waals surface area contributed by atoms with Crippen molar-refractivity contribution in [3.05, 3.63) is 16.5 Å². The minimum atomic E-state index is -0.228. The number of carbonyl (C=O) groups excluding carboxylic acids is 1. The van der Waals surface area contributed by atoms with Gasteiger partial charge in [-0.3, -0.25) is 5.32 Å². The highest BCUT2D eigenvalue weighted by Gasteiger charge is 2.17. The summed E-state index contributed by atoms with van der Waals surface area (Å²) in [4.78, 5) is 12.1. The van der Waals surface area contributed by atoms with Crippen LogP contribution in [0.2, 0.25) is 0 Å². The molecule has 1 aromatic rings. The highest BCUT2D eigenvalue weighted by atomic mass is 32.1. The summed E-state index contributed by atoms with van der Waals surface area (Å²) in [6.45, 7) is 3.81. The van der Waals surface area contributed by atoms with Crippen LogP contribution in [0.3, 0.4) is 0 Å². The van der Waals surface area contributed by atoms with E-state index in [0.29, 0.717) is 11.5 Å². The van der Waals surface area contributed by atoms with Crippen molar-refractivity contribution in [1.82, 2.24) is 5.32 Å². The molecule has 0 atom stereocenters. The van der Waals surface area contributed by atoms with Gasteiger partial charge in [0.05, 0.1) is 18.3 Å². The zero-order valence-corrected chi connectivity index (χ0v) is 8.74. The number of ether oxygens (including phenoxy) is 1. The lowest BCUT2D eigenvalue weighted by Gasteiger charge is -2.13. The third kappa shape index (κ3) is 1.73. The third-order valence-electron chi connectivity index (χ3n) is 1.98. The Hall–Kier alpha value is -1.07. The van der Waals surface area contributed by atoms with Crippen molar-refractivity contribution < 1.29 is 9.53 Å². The molecule has 1 aliphatic rings. The minimum absolute atomic E-state index is 0.228.